The van der Waals surface area contributed by atoms with Crippen LogP contribution in [-0.2, 0) is 17.1 Å². The highest BCUT2D eigenvalue weighted by Crippen LogP contribution is 2.29. The highest BCUT2D eigenvalue weighted by molar-refractivity contribution is 7.89. The van der Waals surface area contributed by atoms with E-state index in [1.165, 1.54) is 23.9 Å². The van der Waals surface area contributed by atoms with Crippen LogP contribution in [0.15, 0.2) is 29.3 Å². The Labute approximate surface area is 170 Å². The van der Waals surface area contributed by atoms with Gasteiger partial charge in [0.25, 0.3) is 5.91 Å². The third kappa shape index (κ3) is 4.90. The standard InChI is InChI=1S/C17H16ClF3N4O3S/c1-9-4-5-12(6-11(9)7-22)23-16(26)15-14(18)13(8-25(15)3)29(27,28)24-10(2)17(19,20)21/h4-6,8,10,24H,1-3H3,(H,23,26)/t10-/m1/s1. The molecule has 0 saturated heterocycles. The number of rotatable bonds is 5. The number of amides is 1. The first-order chi connectivity index (χ1) is 13.3. The van der Waals surface area contributed by atoms with Crippen LogP contribution >= 0.6 is 11.6 Å². The van der Waals surface area contributed by atoms with Gasteiger partial charge in [0.05, 0.1) is 16.7 Å². The van der Waals surface area contributed by atoms with Crippen LogP contribution in [0.5, 0.6) is 0 Å². The van der Waals surface area contributed by atoms with Crippen molar-refractivity contribution in [1.82, 2.24) is 9.29 Å². The van der Waals surface area contributed by atoms with Crippen LogP contribution < -0.4 is 10.0 Å². The zero-order valence-electron chi connectivity index (χ0n) is 15.4. The minimum atomic E-state index is -4.79. The summed E-state index contributed by atoms with van der Waals surface area (Å²) in [4.78, 5) is 11.9. The molecule has 1 amide bonds. The molecule has 2 N–H and O–H groups in total. The van der Waals surface area contributed by atoms with Crippen molar-refractivity contribution in [3.8, 4) is 6.07 Å². The van der Waals surface area contributed by atoms with E-state index in [-0.39, 0.29) is 11.4 Å². The lowest BCUT2D eigenvalue weighted by Gasteiger charge is -2.16. The van der Waals surface area contributed by atoms with E-state index in [9.17, 15) is 26.4 Å². The third-order valence-corrected chi connectivity index (χ3v) is 6.08. The monoisotopic (exact) mass is 448 g/mol. The molecule has 2 aromatic rings. The summed E-state index contributed by atoms with van der Waals surface area (Å²) in [7, 11) is -3.32. The largest absolute Gasteiger partial charge is 0.404 e. The van der Waals surface area contributed by atoms with E-state index in [1.807, 2.05) is 6.07 Å². The highest BCUT2D eigenvalue weighted by atomic mass is 35.5. The van der Waals surface area contributed by atoms with Crippen molar-refractivity contribution in [2.45, 2.75) is 31.0 Å². The van der Waals surface area contributed by atoms with Crippen LogP contribution in [0.25, 0.3) is 0 Å². The fraction of sp³-hybridized carbons (Fsp3) is 0.294. The van der Waals surface area contributed by atoms with Gasteiger partial charge in [0, 0.05) is 18.9 Å². The van der Waals surface area contributed by atoms with E-state index in [0.29, 0.717) is 18.1 Å². The Morgan fingerprint density at radius 3 is 2.52 bits per heavy atom. The van der Waals surface area contributed by atoms with E-state index < -0.39 is 38.1 Å². The molecule has 12 heteroatoms. The smallest absolute Gasteiger partial charge is 0.344 e. The van der Waals surface area contributed by atoms with Gasteiger partial charge in [0.1, 0.15) is 16.6 Å². The first-order valence-electron chi connectivity index (χ1n) is 8.04. The predicted molar refractivity (Wildman–Crippen MR) is 100 cm³/mol. The number of sulfonamides is 1. The number of nitriles is 1. The number of hydrogen-bond acceptors (Lipinski definition) is 4. The van der Waals surface area contributed by atoms with Gasteiger partial charge < -0.3 is 9.88 Å². The number of nitrogens with one attached hydrogen (secondary N) is 2. The Morgan fingerprint density at radius 2 is 1.97 bits per heavy atom. The Morgan fingerprint density at radius 1 is 1.34 bits per heavy atom. The maximum absolute atomic E-state index is 12.7. The molecule has 156 valence electrons. The predicted octanol–water partition coefficient (Wildman–Crippen LogP) is 3.34. The van der Waals surface area contributed by atoms with Crippen LogP contribution in [0.4, 0.5) is 18.9 Å². The van der Waals surface area contributed by atoms with Crippen LogP contribution in [0.2, 0.25) is 5.02 Å². The Kier molecular flexibility index (Phi) is 6.32. The SMILES string of the molecule is Cc1ccc(NC(=O)c2c(Cl)c(S(=O)(=O)N[C@H](C)C(F)(F)F)cn2C)cc1C#N. The first kappa shape index (κ1) is 22.7. The Balaban J connectivity index is 2.36. The average molecular weight is 449 g/mol. The zero-order chi connectivity index (χ0) is 22.1. The molecule has 0 spiro atoms. The van der Waals surface area contributed by atoms with Gasteiger partial charge in [-0.2, -0.15) is 23.2 Å². The molecular formula is C17H16ClF3N4O3S. The number of carbonyl (C=O) groups is 1. The van der Waals surface area contributed by atoms with E-state index in [2.05, 4.69) is 5.32 Å². The summed E-state index contributed by atoms with van der Waals surface area (Å²) in [5.41, 5.74) is 1.02. The molecule has 0 bridgehead atoms. The van der Waals surface area contributed by atoms with Crippen LogP contribution in [0.3, 0.4) is 0 Å². The first-order valence-corrected chi connectivity index (χ1v) is 9.90. The fourth-order valence-electron chi connectivity index (χ4n) is 2.39. The van der Waals surface area contributed by atoms with Gasteiger partial charge in [0.2, 0.25) is 10.0 Å². The van der Waals surface area contributed by atoms with E-state index in [4.69, 9.17) is 16.9 Å². The quantitative estimate of drug-likeness (QED) is 0.732. The minimum Gasteiger partial charge on any atom is -0.344 e. The Hall–Kier alpha value is -2.55. The molecule has 2 rings (SSSR count). The number of nitrogens with zero attached hydrogens (tertiary/aromatic N) is 2. The molecule has 1 aromatic heterocycles. The summed E-state index contributed by atoms with van der Waals surface area (Å²) in [5, 5.41) is 11.0. The molecule has 0 aliphatic rings. The summed E-state index contributed by atoms with van der Waals surface area (Å²) >= 11 is 6.02. The second kappa shape index (κ2) is 8.06. The summed E-state index contributed by atoms with van der Waals surface area (Å²) in [6.07, 6.45) is -3.85. The number of benzene rings is 1. The van der Waals surface area contributed by atoms with Crippen molar-refractivity contribution in [2.75, 3.05) is 5.32 Å². The maximum atomic E-state index is 12.7. The van der Waals surface area contributed by atoms with Crippen LogP contribution in [-0.4, -0.2) is 31.1 Å². The molecule has 0 fully saturated rings. The summed E-state index contributed by atoms with van der Waals surface area (Å²) in [5.74, 6) is -0.796. The molecule has 1 aromatic carbocycles. The van der Waals surface area contributed by atoms with Crippen LogP contribution in [0, 0.1) is 18.3 Å². The summed E-state index contributed by atoms with van der Waals surface area (Å²) in [6.45, 7) is 2.36. The summed E-state index contributed by atoms with van der Waals surface area (Å²) < 4.78 is 65.2. The number of halogens is 4. The number of carbonyl (C=O) groups excluding carboxylic acids is 1. The normalized spacial score (nSPS) is 13.0. The molecule has 0 aliphatic carbocycles. The molecule has 0 radical (unpaired) electrons. The lowest BCUT2D eigenvalue weighted by Crippen LogP contribution is -2.42. The van der Waals surface area contributed by atoms with Gasteiger partial charge in [-0.05, 0) is 31.5 Å². The van der Waals surface area contributed by atoms with Gasteiger partial charge in [-0.3, -0.25) is 4.79 Å². The molecule has 0 unspecified atom stereocenters. The number of aryl methyl sites for hydroxylation is 2. The highest BCUT2D eigenvalue weighted by Gasteiger charge is 2.40. The molecule has 1 atom stereocenters. The van der Waals surface area contributed by atoms with Gasteiger partial charge >= 0.3 is 6.18 Å². The van der Waals surface area contributed by atoms with Crippen molar-refractivity contribution >= 4 is 33.2 Å². The topological polar surface area (TPSA) is 104 Å². The third-order valence-electron chi connectivity index (χ3n) is 4.03. The van der Waals surface area contributed by atoms with Crippen molar-refractivity contribution in [1.29, 1.82) is 5.26 Å². The van der Waals surface area contributed by atoms with Crippen LogP contribution in [0.1, 0.15) is 28.5 Å². The van der Waals surface area contributed by atoms with Crippen molar-refractivity contribution in [2.24, 2.45) is 7.05 Å². The second-order valence-electron chi connectivity index (χ2n) is 6.25. The lowest BCUT2D eigenvalue weighted by atomic mass is 10.1. The Bertz CT molecular complexity index is 1100. The van der Waals surface area contributed by atoms with E-state index >= 15 is 0 Å². The lowest BCUT2D eigenvalue weighted by molar-refractivity contribution is -0.147. The van der Waals surface area contributed by atoms with E-state index in [1.54, 1.807) is 13.0 Å². The molecule has 0 aliphatic heterocycles. The number of alkyl halides is 3. The van der Waals surface area contributed by atoms with Crippen molar-refractivity contribution < 1.29 is 26.4 Å². The molecule has 1 heterocycles. The van der Waals surface area contributed by atoms with Gasteiger partial charge in [-0.25, -0.2) is 8.42 Å². The summed E-state index contributed by atoms with van der Waals surface area (Å²) in [6, 6.07) is 4.19. The number of aromatic nitrogens is 1. The van der Waals surface area contributed by atoms with Crippen molar-refractivity contribution in [3.05, 3.63) is 46.2 Å². The van der Waals surface area contributed by atoms with Gasteiger partial charge in [-0.1, -0.05) is 17.7 Å². The number of anilines is 1. The second-order valence-corrected chi connectivity index (χ2v) is 8.31. The molecular weight excluding hydrogens is 433 g/mol. The number of hydrogen-bond donors (Lipinski definition) is 2. The van der Waals surface area contributed by atoms with Crippen molar-refractivity contribution in [3.63, 3.8) is 0 Å². The minimum absolute atomic E-state index is 0.266. The average Bonchev–Trinajstić information content (AvgIpc) is 2.90. The van der Waals surface area contributed by atoms with Gasteiger partial charge in [0.15, 0.2) is 0 Å². The molecule has 0 saturated carbocycles. The maximum Gasteiger partial charge on any atom is 0.404 e. The molecule has 7 nitrogen and oxygen atoms in total. The zero-order valence-corrected chi connectivity index (χ0v) is 17.0. The van der Waals surface area contributed by atoms with Gasteiger partial charge in [-0.15, -0.1) is 0 Å². The molecule has 29 heavy (non-hydrogen) atoms. The fourth-order valence-corrected chi connectivity index (χ4v) is 4.32. The van der Waals surface area contributed by atoms with E-state index in [0.717, 1.165) is 10.8 Å².